The number of hydrogen-bond donors (Lipinski definition) is 2. The number of hydrogen-bond acceptors (Lipinski definition) is 4. The fraction of sp³-hybridized carbons (Fsp3) is 0.273. The number of benzene rings is 1. The van der Waals surface area contributed by atoms with Gasteiger partial charge in [0.15, 0.2) is 0 Å². The molecule has 2 aromatic rings. The molecule has 2 N–H and O–H groups in total. The lowest BCUT2D eigenvalue weighted by atomic mass is 10.00. The molecule has 1 aliphatic heterocycles. The summed E-state index contributed by atoms with van der Waals surface area (Å²) in [5, 5.41) is 8.62. The lowest BCUT2D eigenvalue weighted by Crippen LogP contribution is -2.19. The molecule has 0 unspecified atom stereocenters. The van der Waals surface area contributed by atoms with Crippen LogP contribution in [0.4, 0.5) is 0 Å². The zero-order valence-corrected chi connectivity index (χ0v) is 15.6. The Labute approximate surface area is 160 Å². The van der Waals surface area contributed by atoms with E-state index in [1.165, 1.54) is 24.5 Å². The van der Waals surface area contributed by atoms with Crippen molar-refractivity contribution in [2.24, 2.45) is 0 Å². The molecule has 1 aromatic heterocycles. The van der Waals surface area contributed by atoms with E-state index in [0.717, 1.165) is 36.5 Å². The number of nitrogens with one attached hydrogen (secondary N) is 1. The Morgan fingerprint density at radius 3 is 2.63 bits per heavy atom. The van der Waals surface area contributed by atoms with Gasteiger partial charge in [-0.1, -0.05) is 42.0 Å². The molecule has 27 heavy (non-hydrogen) atoms. The van der Waals surface area contributed by atoms with E-state index in [9.17, 15) is 4.79 Å². The topological polar surface area (TPSA) is 65.5 Å². The van der Waals surface area contributed by atoms with Gasteiger partial charge in [-0.15, -0.1) is 0 Å². The molecule has 0 saturated carbocycles. The summed E-state index contributed by atoms with van der Waals surface area (Å²) in [6, 6.07) is 14.2. The van der Waals surface area contributed by atoms with E-state index < -0.39 is 5.91 Å². The predicted octanol–water partition coefficient (Wildman–Crippen LogP) is 3.44. The maximum absolute atomic E-state index is 11.2. The lowest BCUT2D eigenvalue weighted by molar-refractivity contribution is -0.124. The third-order valence-corrected chi connectivity index (χ3v) is 4.68. The Balaban J connectivity index is 1.92. The summed E-state index contributed by atoms with van der Waals surface area (Å²) < 4.78 is 0. The van der Waals surface area contributed by atoms with Crippen LogP contribution >= 0.6 is 0 Å². The van der Waals surface area contributed by atoms with Crippen molar-refractivity contribution in [2.45, 2.75) is 19.8 Å². The minimum atomic E-state index is -0.578. The molecule has 5 heteroatoms. The van der Waals surface area contributed by atoms with E-state index in [0.29, 0.717) is 5.69 Å². The largest absolute Gasteiger partial charge is 0.300 e. The molecule has 3 rings (SSSR count). The predicted molar refractivity (Wildman–Crippen MR) is 107 cm³/mol. The van der Waals surface area contributed by atoms with Gasteiger partial charge in [0.25, 0.3) is 5.91 Å². The average molecular weight is 363 g/mol. The van der Waals surface area contributed by atoms with E-state index in [4.69, 9.17) is 5.21 Å². The molecule has 1 aromatic carbocycles. The first-order chi connectivity index (χ1) is 13.2. The third-order valence-electron chi connectivity index (χ3n) is 4.68. The molecule has 0 radical (unpaired) electrons. The van der Waals surface area contributed by atoms with Crippen molar-refractivity contribution >= 4 is 17.6 Å². The molecule has 1 saturated heterocycles. The molecule has 0 spiro atoms. The summed E-state index contributed by atoms with van der Waals surface area (Å²) in [4.78, 5) is 18.4. The molecule has 1 aliphatic rings. The lowest BCUT2D eigenvalue weighted by Gasteiger charge is -2.14. The van der Waals surface area contributed by atoms with Gasteiger partial charge in [-0.2, -0.15) is 0 Å². The Morgan fingerprint density at radius 2 is 1.93 bits per heavy atom. The SMILES string of the molecule is Cc1ccc(/C(=C\CN2CCCC2)c2cccc(/C=C/C(=O)NO)n2)cc1. The Bertz CT molecular complexity index is 835. The van der Waals surface area contributed by atoms with Crippen molar-refractivity contribution in [3.05, 3.63) is 77.1 Å². The van der Waals surface area contributed by atoms with E-state index in [1.54, 1.807) is 11.6 Å². The normalized spacial score (nSPS) is 15.4. The van der Waals surface area contributed by atoms with E-state index >= 15 is 0 Å². The van der Waals surface area contributed by atoms with Crippen molar-refractivity contribution in [3.8, 4) is 0 Å². The number of rotatable bonds is 6. The highest BCUT2D eigenvalue weighted by Crippen LogP contribution is 2.23. The van der Waals surface area contributed by atoms with Crippen LogP contribution in [0.15, 0.2) is 54.6 Å². The van der Waals surface area contributed by atoms with E-state index in [1.807, 2.05) is 18.2 Å². The van der Waals surface area contributed by atoms with Gasteiger partial charge in [0.1, 0.15) is 0 Å². The van der Waals surface area contributed by atoms with Crippen molar-refractivity contribution in [3.63, 3.8) is 0 Å². The first kappa shape index (κ1) is 19.0. The molecule has 0 bridgehead atoms. The van der Waals surface area contributed by atoms with Crippen LogP contribution < -0.4 is 5.48 Å². The molecule has 0 aliphatic carbocycles. The maximum atomic E-state index is 11.2. The molecule has 2 heterocycles. The van der Waals surface area contributed by atoms with Gasteiger partial charge in [-0.3, -0.25) is 14.9 Å². The van der Waals surface area contributed by atoms with Crippen LogP contribution in [0, 0.1) is 6.92 Å². The zero-order valence-electron chi connectivity index (χ0n) is 15.6. The third kappa shape index (κ3) is 5.36. The van der Waals surface area contributed by atoms with Crippen molar-refractivity contribution in [1.82, 2.24) is 15.4 Å². The quantitative estimate of drug-likeness (QED) is 0.469. The number of nitrogens with zero attached hydrogens (tertiary/aromatic N) is 2. The minimum Gasteiger partial charge on any atom is -0.300 e. The number of likely N-dealkylation sites (tertiary alicyclic amines) is 1. The molecular weight excluding hydrogens is 338 g/mol. The van der Waals surface area contributed by atoms with Gasteiger partial charge in [0, 0.05) is 18.2 Å². The molecular formula is C22H25N3O2. The van der Waals surface area contributed by atoms with Gasteiger partial charge < -0.3 is 0 Å². The number of pyridine rings is 1. The van der Waals surface area contributed by atoms with Crippen LogP contribution in [0.5, 0.6) is 0 Å². The Hall–Kier alpha value is -2.76. The highest BCUT2D eigenvalue weighted by Gasteiger charge is 2.12. The smallest absolute Gasteiger partial charge is 0.267 e. The van der Waals surface area contributed by atoms with Gasteiger partial charge >= 0.3 is 0 Å². The second-order valence-corrected chi connectivity index (χ2v) is 6.75. The van der Waals surface area contributed by atoms with Crippen molar-refractivity contribution < 1.29 is 10.0 Å². The number of carbonyl (C=O) groups excluding carboxylic acids is 1. The monoisotopic (exact) mass is 363 g/mol. The fourth-order valence-corrected chi connectivity index (χ4v) is 3.18. The Morgan fingerprint density at radius 1 is 1.19 bits per heavy atom. The number of aromatic nitrogens is 1. The van der Waals surface area contributed by atoms with Gasteiger partial charge in [-0.05, 0) is 56.6 Å². The highest BCUT2D eigenvalue weighted by molar-refractivity contribution is 5.90. The van der Waals surface area contributed by atoms with Crippen LogP contribution in [0.3, 0.4) is 0 Å². The first-order valence-electron chi connectivity index (χ1n) is 9.25. The summed E-state index contributed by atoms with van der Waals surface area (Å²) in [5.41, 5.74) is 6.55. The fourth-order valence-electron chi connectivity index (χ4n) is 3.18. The van der Waals surface area contributed by atoms with Crippen molar-refractivity contribution in [2.75, 3.05) is 19.6 Å². The van der Waals surface area contributed by atoms with Crippen LogP contribution in [0.25, 0.3) is 11.6 Å². The average Bonchev–Trinajstić information content (AvgIpc) is 3.21. The summed E-state index contributed by atoms with van der Waals surface area (Å²) in [5.74, 6) is -0.578. The maximum Gasteiger partial charge on any atom is 0.267 e. The highest BCUT2D eigenvalue weighted by atomic mass is 16.5. The van der Waals surface area contributed by atoms with Crippen molar-refractivity contribution in [1.29, 1.82) is 0 Å². The van der Waals surface area contributed by atoms with Crippen LogP contribution in [0.1, 0.15) is 35.4 Å². The second kappa shape index (κ2) is 9.26. The summed E-state index contributed by atoms with van der Waals surface area (Å²) in [6.45, 7) is 5.26. The van der Waals surface area contributed by atoms with E-state index in [2.05, 4.69) is 47.1 Å². The van der Waals surface area contributed by atoms with Crippen LogP contribution in [-0.2, 0) is 4.79 Å². The van der Waals surface area contributed by atoms with Crippen LogP contribution in [-0.4, -0.2) is 40.6 Å². The summed E-state index contributed by atoms with van der Waals surface area (Å²) in [6.07, 6.45) is 7.61. The molecule has 140 valence electrons. The standard InChI is InChI=1S/C22H25N3O2/c1-17-7-9-18(10-8-17)20(13-16-25-14-2-3-15-25)21-6-4-5-19(23-21)11-12-22(26)24-27/h4-13,27H,2-3,14-16H2,1H3,(H,24,26)/b12-11+,20-13+. The number of hydroxylamine groups is 1. The minimum absolute atomic E-state index is 0.578. The summed E-state index contributed by atoms with van der Waals surface area (Å²) >= 11 is 0. The number of aryl methyl sites for hydroxylation is 1. The zero-order chi connectivity index (χ0) is 19.1. The molecule has 1 amide bonds. The van der Waals surface area contributed by atoms with Gasteiger partial charge in [0.2, 0.25) is 0 Å². The number of amides is 1. The second-order valence-electron chi connectivity index (χ2n) is 6.75. The molecule has 5 nitrogen and oxygen atoms in total. The molecule has 1 fully saturated rings. The van der Waals surface area contributed by atoms with Crippen LogP contribution in [0.2, 0.25) is 0 Å². The molecule has 0 atom stereocenters. The number of carbonyl (C=O) groups is 1. The Kier molecular flexibility index (Phi) is 6.52. The van der Waals surface area contributed by atoms with E-state index in [-0.39, 0.29) is 0 Å². The van der Waals surface area contributed by atoms with Gasteiger partial charge in [0.05, 0.1) is 11.4 Å². The summed E-state index contributed by atoms with van der Waals surface area (Å²) in [7, 11) is 0. The first-order valence-corrected chi connectivity index (χ1v) is 9.25. The van der Waals surface area contributed by atoms with Gasteiger partial charge in [-0.25, -0.2) is 10.5 Å².